The molecule has 0 aliphatic carbocycles. The highest BCUT2D eigenvalue weighted by molar-refractivity contribution is 7.18. The number of nitrogens with one attached hydrogen (secondary N) is 2. The molecule has 0 fully saturated rings. The van der Waals surface area contributed by atoms with E-state index in [1.807, 2.05) is 31.2 Å². The first-order valence-electron chi connectivity index (χ1n) is 8.94. The van der Waals surface area contributed by atoms with Crippen molar-refractivity contribution in [2.75, 3.05) is 17.2 Å². The molecule has 7 heteroatoms. The maximum atomic E-state index is 12.3. The molecule has 1 unspecified atom stereocenters. The Labute approximate surface area is 161 Å². The molecule has 1 aromatic heterocycles. The van der Waals surface area contributed by atoms with E-state index < -0.39 is 0 Å². The molecule has 27 heavy (non-hydrogen) atoms. The molecule has 0 saturated carbocycles. The average Bonchev–Trinajstić information content (AvgIpc) is 3.00. The highest BCUT2D eigenvalue weighted by Crippen LogP contribution is 2.29. The van der Waals surface area contributed by atoms with E-state index in [-0.39, 0.29) is 30.1 Å². The van der Waals surface area contributed by atoms with Crippen molar-refractivity contribution in [2.24, 2.45) is 5.92 Å². The number of aryl methyl sites for hydroxylation is 1. The number of hydrogen-bond acceptors (Lipinski definition) is 5. The Hall–Kier alpha value is -2.67. The van der Waals surface area contributed by atoms with Gasteiger partial charge in [0.25, 0.3) is 0 Å². The van der Waals surface area contributed by atoms with Gasteiger partial charge in [0.1, 0.15) is 4.88 Å². The monoisotopic (exact) mass is 386 g/mol. The third-order valence-electron chi connectivity index (χ3n) is 4.47. The van der Waals surface area contributed by atoms with Crippen molar-refractivity contribution < 1.29 is 19.1 Å². The number of benzene rings is 1. The summed E-state index contributed by atoms with van der Waals surface area (Å²) in [5.74, 6) is -0.805. The highest BCUT2D eigenvalue weighted by atomic mass is 32.1. The molecule has 2 N–H and O–H groups in total. The summed E-state index contributed by atoms with van der Waals surface area (Å²) in [6.45, 7) is 3.87. The van der Waals surface area contributed by atoms with E-state index in [0.29, 0.717) is 29.3 Å². The molecule has 1 aliphatic rings. The van der Waals surface area contributed by atoms with Crippen molar-refractivity contribution >= 4 is 39.8 Å². The Bertz CT molecular complexity index is 875. The first-order chi connectivity index (χ1) is 13.0. The van der Waals surface area contributed by atoms with Gasteiger partial charge in [0.05, 0.1) is 11.6 Å². The third kappa shape index (κ3) is 4.54. The van der Waals surface area contributed by atoms with Crippen LogP contribution < -0.4 is 10.6 Å². The summed E-state index contributed by atoms with van der Waals surface area (Å²) in [5, 5.41) is 6.32. The van der Waals surface area contributed by atoms with E-state index in [0.717, 1.165) is 16.8 Å². The number of para-hydroxylation sites is 1. The number of carbonyl (C=O) groups excluding carboxylic acids is 3. The van der Waals surface area contributed by atoms with Gasteiger partial charge in [-0.05, 0) is 49.9 Å². The van der Waals surface area contributed by atoms with Gasteiger partial charge in [0.2, 0.25) is 11.8 Å². The third-order valence-corrected chi connectivity index (χ3v) is 5.61. The van der Waals surface area contributed by atoms with Crippen molar-refractivity contribution in [3.8, 4) is 0 Å². The molecular weight excluding hydrogens is 364 g/mol. The number of ether oxygens (including phenoxy) is 1. The molecule has 3 rings (SSSR count). The molecule has 2 heterocycles. The number of esters is 1. The number of fused-ring (bicyclic) bond motifs is 1. The van der Waals surface area contributed by atoms with E-state index in [1.165, 1.54) is 11.3 Å². The second-order valence-corrected chi connectivity index (χ2v) is 7.53. The average molecular weight is 386 g/mol. The van der Waals surface area contributed by atoms with E-state index in [1.54, 1.807) is 13.0 Å². The van der Waals surface area contributed by atoms with Crippen LogP contribution in [0.3, 0.4) is 0 Å². The number of thiophene rings is 1. The zero-order valence-corrected chi connectivity index (χ0v) is 16.2. The van der Waals surface area contributed by atoms with E-state index in [9.17, 15) is 14.4 Å². The lowest BCUT2D eigenvalue weighted by molar-refractivity contribution is -0.121. The molecule has 1 atom stereocenters. The largest absolute Gasteiger partial charge is 0.462 e. The molecule has 2 amide bonds. The second kappa shape index (κ2) is 8.35. The van der Waals surface area contributed by atoms with Gasteiger partial charge in [-0.2, -0.15) is 0 Å². The van der Waals surface area contributed by atoms with Gasteiger partial charge in [-0.25, -0.2) is 4.79 Å². The fraction of sp³-hybridized carbons (Fsp3) is 0.350. The Morgan fingerprint density at radius 2 is 2.11 bits per heavy atom. The summed E-state index contributed by atoms with van der Waals surface area (Å²) in [7, 11) is 0. The number of rotatable bonds is 6. The molecule has 0 radical (unpaired) electrons. The molecule has 142 valence electrons. The van der Waals surface area contributed by atoms with Crippen LogP contribution in [0.15, 0.2) is 30.3 Å². The van der Waals surface area contributed by atoms with Crippen molar-refractivity contribution in [2.45, 2.75) is 33.1 Å². The van der Waals surface area contributed by atoms with Crippen LogP contribution in [0, 0.1) is 12.8 Å². The predicted molar refractivity (Wildman–Crippen MR) is 105 cm³/mol. The summed E-state index contributed by atoms with van der Waals surface area (Å²) in [5.41, 5.74) is 2.72. The van der Waals surface area contributed by atoms with Gasteiger partial charge in [-0.3, -0.25) is 9.59 Å². The Kier molecular flexibility index (Phi) is 5.91. The van der Waals surface area contributed by atoms with Crippen molar-refractivity contribution in [3.05, 3.63) is 46.3 Å². The van der Waals surface area contributed by atoms with Crippen molar-refractivity contribution in [1.82, 2.24) is 0 Å². The first kappa shape index (κ1) is 19.1. The van der Waals surface area contributed by atoms with Gasteiger partial charge >= 0.3 is 5.97 Å². The molecule has 6 nitrogen and oxygen atoms in total. The van der Waals surface area contributed by atoms with Crippen LogP contribution in [0.5, 0.6) is 0 Å². The Morgan fingerprint density at radius 1 is 1.33 bits per heavy atom. The van der Waals surface area contributed by atoms with Crippen LogP contribution in [0.25, 0.3) is 0 Å². The fourth-order valence-electron chi connectivity index (χ4n) is 3.09. The topological polar surface area (TPSA) is 84.5 Å². The van der Waals surface area contributed by atoms with Gasteiger partial charge in [0, 0.05) is 18.0 Å². The standard InChI is InChI=1S/C20H22N2O4S/c1-3-26-20(25)18-12(2)10-17(27-18)22-16(23)9-8-14-11-13-6-4-5-7-15(13)21-19(14)24/h4-7,10,14H,3,8-9,11H2,1-2H3,(H,21,24)(H,22,23). The minimum absolute atomic E-state index is 0.0435. The fourth-order valence-corrected chi connectivity index (χ4v) is 4.08. The summed E-state index contributed by atoms with van der Waals surface area (Å²) < 4.78 is 5.01. The zero-order chi connectivity index (χ0) is 19.4. The van der Waals surface area contributed by atoms with Crippen LogP contribution in [-0.4, -0.2) is 24.4 Å². The highest BCUT2D eigenvalue weighted by Gasteiger charge is 2.26. The number of hydrogen-bond donors (Lipinski definition) is 2. The Morgan fingerprint density at radius 3 is 2.89 bits per heavy atom. The van der Waals surface area contributed by atoms with Crippen LogP contribution in [0.1, 0.15) is 40.6 Å². The number of amides is 2. The quantitative estimate of drug-likeness (QED) is 0.740. The minimum atomic E-state index is -0.377. The van der Waals surface area contributed by atoms with Crippen LogP contribution in [-0.2, 0) is 20.7 Å². The minimum Gasteiger partial charge on any atom is -0.462 e. The second-order valence-electron chi connectivity index (χ2n) is 6.48. The predicted octanol–water partition coefficient (Wildman–Crippen LogP) is 3.76. The lowest BCUT2D eigenvalue weighted by Crippen LogP contribution is -2.30. The van der Waals surface area contributed by atoms with E-state index >= 15 is 0 Å². The summed E-state index contributed by atoms with van der Waals surface area (Å²) in [6, 6.07) is 9.47. The lowest BCUT2D eigenvalue weighted by atomic mass is 9.89. The SMILES string of the molecule is CCOC(=O)c1sc(NC(=O)CCC2Cc3ccccc3NC2=O)cc1C. The molecular formula is C20H22N2O4S. The van der Waals surface area contributed by atoms with Crippen molar-refractivity contribution in [1.29, 1.82) is 0 Å². The molecule has 2 aromatic rings. The van der Waals surface area contributed by atoms with Gasteiger partial charge in [-0.15, -0.1) is 11.3 Å². The molecule has 1 aromatic carbocycles. The van der Waals surface area contributed by atoms with Crippen LogP contribution in [0.4, 0.5) is 10.7 Å². The van der Waals surface area contributed by atoms with E-state index in [2.05, 4.69) is 10.6 Å². The lowest BCUT2D eigenvalue weighted by Gasteiger charge is -2.24. The normalized spacial score (nSPS) is 15.6. The molecule has 0 bridgehead atoms. The molecule has 0 spiro atoms. The number of carbonyl (C=O) groups is 3. The maximum Gasteiger partial charge on any atom is 0.348 e. The van der Waals surface area contributed by atoms with Crippen LogP contribution >= 0.6 is 11.3 Å². The zero-order valence-electron chi connectivity index (χ0n) is 15.3. The van der Waals surface area contributed by atoms with Gasteiger partial charge < -0.3 is 15.4 Å². The smallest absolute Gasteiger partial charge is 0.348 e. The van der Waals surface area contributed by atoms with Crippen molar-refractivity contribution in [3.63, 3.8) is 0 Å². The van der Waals surface area contributed by atoms with Gasteiger partial charge in [-0.1, -0.05) is 18.2 Å². The summed E-state index contributed by atoms with van der Waals surface area (Å²) in [4.78, 5) is 36.9. The molecule has 0 saturated heterocycles. The first-order valence-corrected chi connectivity index (χ1v) is 9.75. The van der Waals surface area contributed by atoms with E-state index in [4.69, 9.17) is 4.74 Å². The van der Waals surface area contributed by atoms with Crippen LogP contribution in [0.2, 0.25) is 0 Å². The number of anilines is 2. The molecule has 1 aliphatic heterocycles. The summed E-state index contributed by atoms with van der Waals surface area (Å²) >= 11 is 1.20. The Balaban J connectivity index is 1.55. The van der Waals surface area contributed by atoms with Gasteiger partial charge in [0.15, 0.2) is 0 Å². The maximum absolute atomic E-state index is 12.3. The summed E-state index contributed by atoms with van der Waals surface area (Å²) in [6.07, 6.45) is 1.35.